The van der Waals surface area contributed by atoms with E-state index < -0.39 is 0 Å². The topological polar surface area (TPSA) is 73.8 Å². The second-order valence-corrected chi connectivity index (χ2v) is 5.99. The van der Waals surface area contributed by atoms with Crippen LogP contribution in [-0.2, 0) is 6.54 Å². The molecule has 0 saturated carbocycles. The van der Waals surface area contributed by atoms with Crippen molar-refractivity contribution in [2.24, 2.45) is 0 Å². The molecule has 1 aromatic carbocycles. The van der Waals surface area contributed by atoms with Crippen LogP contribution >= 0.6 is 0 Å². The lowest BCUT2D eigenvalue weighted by Crippen LogP contribution is -2.03. The van der Waals surface area contributed by atoms with Gasteiger partial charge in [-0.05, 0) is 43.3 Å². The van der Waals surface area contributed by atoms with E-state index in [2.05, 4.69) is 20.3 Å². The van der Waals surface area contributed by atoms with Crippen molar-refractivity contribution < 1.29 is 5.11 Å². The highest BCUT2D eigenvalue weighted by Gasteiger charge is 2.12. The summed E-state index contributed by atoms with van der Waals surface area (Å²) < 4.78 is 0. The number of nitrogens with zero attached hydrogens (tertiary/aromatic N) is 2. The molecule has 0 unspecified atom stereocenters. The zero-order valence-corrected chi connectivity index (χ0v) is 13.8. The molecular weight excluding hydrogens is 312 g/mol. The van der Waals surface area contributed by atoms with Crippen molar-refractivity contribution >= 4 is 16.9 Å². The number of hydrogen-bond donors (Lipinski definition) is 3. The maximum atomic E-state index is 10.3. The molecule has 0 bridgehead atoms. The Hall–Kier alpha value is -3.34. The third-order valence-electron chi connectivity index (χ3n) is 4.15. The van der Waals surface area contributed by atoms with Gasteiger partial charge in [-0.3, -0.25) is 4.98 Å². The molecular formula is C20H18N4O. The van der Waals surface area contributed by atoms with E-state index in [1.54, 1.807) is 12.3 Å². The Balaban J connectivity index is 1.76. The predicted octanol–water partition coefficient (Wildman–Crippen LogP) is 4.25. The van der Waals surface area contributed by atoms with Crippen LogP contribution in [0.25, 0.3) is 22.2 Å². The minimum Gasteiger partial charge on any atom is -0.507 e. The van der Waals surface area contributed by atoms with Gasteiger partial charge < -0.3 is 15.4 Å². The van der Waals surface area contributed by atoms with Crippen LogP contribution in [0.15, 0.2) is 60.9 Å². The predicted molar refractivity (Wildman–Crippen MR) is 99.5 cm³/mol. The van der Waals surface area contributed by atoms with E-state index in [4.69, 9.17) is 0 Å². The summed E-state index contributed by atoms with van der Waals surface area (Å²) in [4.78, 5) is 12.1. The molecule has 0 spiro atoms. The minimum atomic E-state index is 0.259. The maximum absolute atomic E-state index is 10.3. The summed E-state index contributed by atoms with van der Waals surface area (Å²) >= 11 is 0. The first-order valence-electron chi connectivity index (χ1n) is 8.12. The van der Waals surface area contributed by atoms with Crippen LogP contribution in [0.1, 0.15) is 11.3 Å². The summed E-state index contributed by atoms with van der Waals surface area (Å²) in [5.41, 5.74) is 4.55. The lowest BCUT2D eigenvalue weighted by molar-refractivity contribution is 0.477. The maximum Gasteiger partial charge on any atom is 0.140 e. The summed E-state index contributed by atoms with van der Waals surface area (Å²) in [5, 5.41) is 14.6. The molecule has 0 aliphatic heterocycles. The fourth-order valence-corrected chi connectivity index (χ4v) is 2.90. The molecule has 0 amide bonds. The summed E-state index contributed by atoms with van der Waals surface area (Å²) in [5.74, 6) is 0.992. The van der Waals surface area contributed by atoms with Crippen molar-refractivity contribution in [1.82, 2.24) is 15.0 Å². The molecule has 0 saturated heterocycles. The number of aromatic amines is 1. The van der Waals surface area contributed by atoms with E-state index in [0.29, 0.717) is 6.54 Å². The molecule has 25 heavy (non-hydrogen) atoms. The second-order valence-electron chi connectivity index (χ2n) is 5.99. The molecule has 4 rings (SSSR count). The van der Waals surface area contributed by atoms with Crippen molar-refractivity contribution in [2.45, 2.75) is 13.5 Å². The van der Waals surface area contributed by atoms with E-state index in [0.717, 1.165) is 39.2 Å². The first kappa shape index (κ1) is 15.2. The number of hydrogen-bond acceptors (Lipinski definition) is 4. The van der Waals surface area contributed by atoms with Gasteiger partial charge in [-0.1, -0.05) is 17.7 Å². The van der Waals surface area contributed by atoms with Crippen molar-refractivity contribution in [1.29, 1.82) is 0 Å². The van der Waals surface area contributed by atoms with Crippen LogP contribution in [0, 0.1) is 6.92 Å². The molecule has 3 N–H and O–H groups in total. The summed E-state index contributed by atoms with van der Waals surface area (Å²) in [6.07, 6.45) is 3.63. The molecule has 5 heteroatoms. The fraction of sp³-hybridized carbons (Fsp3) is 0.100. The number of phenols is 1. The van der Waals surface area contributed by atoms with Crippen molar-refractivity contribution in [2.75, 3.05) is 5.32 Å². The van der Waals surface area contributed by atoms with Gasteiger partial charge in [0.15, 0.2) is 0 Å². The van der Waals surface area contributed by atoms with Gasteiger partial charge >= 0.3 is 0 Å². The summed E-state index contributed by atoms with van der Waals surface area (Å²) in [6, 6.07) is 15.4. The molecule has 0 radical (unpaired) electrons. The number of phenolic OH excluding ortho intramolecular Hbond substituents is 1. The van der Waals surface area contributed by atoms with Crippen molar-refractivity contribution in [3.63, 3.8) is 0 Å². The van der Waals surface area contributed by atoms with Gasteiger partial charge in [-0.2, -0.15) is 0 Å². The summed E-state index contributed by atoms with van der Waals surface area (Å²) in [7, 11) is 0. The van der Waals surface area contributed by atoms with E-state index in [1.165, 1.54) is 0 Å². The standard InChI is InChI=1S/C20H18N4O/c1-13-5-6-18(25)17(10-13)16-11-19(24-20-15(16)7-9-22-20)23-12-14-4-2-3-8-21-14/h2-11,25H,12H2,1H3,(H2,22,23,24). The molecule has 4 aromatic rings. The zero-order chi connectivity index (χ0) is 17.2. The number of aromatic hydroxyl groups is 1. The number of aromatic nitrogens is 3. The number of fused-ring (bicyclic) bond motifs is 1. The van der Waals surface area contributed by atoms with E-state index in [-0.39, 0.29) is 5.75 Å². The molecule has 0 fully saturated rings. The molecule has 124 valence electrons. The number of H-pyrrole nitrogens is 1. The van der Waals surface area contributed by atoms with Gasteiger partial charge in [0.25, 0.3) is 0 Å². The molecule has 0 aliphatic carbocycles. The van der Waals surface area contributed by atoms with Crippen LogP contribution in [0.2, 0.25) is 0 Å². The van der Waals surface area contributed by atoms with Gasteiger partial charge in [0.1, 0.15) is 17.2 Å². The first-order chi connectivity index (χ1) is 12.2. The SMILES string of the molecule is Cc1ccc(O)c(-c2cc(NCc3ccccn3)nc3[nH]ccc23)c1. The van der Waals surface area contributed by atoms with Crippen molar-refractivity contribution in [3.8, 4) is 16.9 Å². The Bertz CT molecular complexity index is 1020. The average Bonchev–Trinajstić information content (AvgIpc) is 3.11. The van der Waals surface area contributed by atoms with Gasteiger partial charge in [0.2, 0.25) is 0 Å². The molecule has 5 nitrogen and oxygen atoms in total. The van der Waals surface area contributed by atoms with Gasteiger partial charge in [-0.25, -0.2) is 4.98 Å². The second kappa shape index (κ2) is 6.28. The van der Waals surface area contributed by atoms with E-state index >= 15 is 0 Å². The Morgan fingerprint density at radius 1 is 1.08 bits per heavy atom. The molecule has 3 aromatic heterocycles. The van der Waals surface area contributed by atoms with Crippen LogP contribution < -0.4 is 5.32 Å². The smallest absolute Gasteiger partial charge is 0.140 e. The highest BCUT2D eigenvalue weighted by Crippen LogP contribution is 2.35. The molecule has 3 heterocycles. The van der Waals surface area contributed by atoms with Crippen LogP contribution in [-0.4, -0.2) is 20.1 Å². The monoisotopic (exact) mass is 330 g/mol. The number of anilines is 1. The third kappa shape index (κ3) is 3.04. The lowest BCUT2D eigenvalue weighted by atomic mass is 10.0. The zero-order valence-electron chi connectivity index (χ0n) is 13.8. The Morgan fingerprint density at radius 3 is 2.84 bits per heavy atom. The Kier molecular flexibility index (Phi) is 3.82. The first-order valence-corrected chi connectivity index (χ1v) is 8.12. The minimum absolute atomic E-state index is 0.259. The summed E-state index contributed by atoms with van der Waals surface area (Å²) in [6.45, 7) is 2.60. The quantitative estimate of drug-likeness (QED) is 0.523. The fourth-order valence-electron chi connectivity index (χ4n) is 2.90. The number of nitrogens with one attached hydrogen (secondary N) is 2. The number of benzene rings is 1. The van der Waals surface area contributed by atoms with Crippen LogP contribution in [0.4, 0.5) is 5.82 Å². The normalized spacial score (nSPS) is 10.9. The highest BCUT2D eigenvalue weighted by atomic mass is 16.3. The van der Waals surface area contributed by atoms with Gasteiger partial charge in [0.05, 0.1) is 12.2 Å². The average molecular weight is 330 g/mol. The number of pyridine rings is 2. The Morgan fingerprint density at radius 2 is 2.00 bits per heavy atom. The largest absolute Gasteiger partial charge is 0.507 e. The van der Waals surface area contributed by atoms with Crippen LogP contribution in [0.3, 0.4) is 0 Å². The Labute approximate surface area is 145 Å². The van der Waals surface area contributed by atoms with Crippen LogP contribution in [0.5, 0.6) is 5.75 Å². The molecule has 0 atom stereocenters. The van der Waals surface area contributed by atoms with E-state index in [9.17, 15) is 5.11 Å². The van der Waals surface area contributed by atoms with Crippen molar-refractivity contribution in [3.05, 3.63) is 72.2 Å². The number of rotatable bonds is 4. The van der Waals surface area contributed by atoms with Gasteiger partial charge in [-0.15, -0.1) is 0 Å². The highest BCUT2D eigenvalue weighted by molar-refractivity contribution is 5.96. The number of aryl methyl sites for hydroxylation is 1. The molecule has 0 aliphatic rings. The third-order valence-corrected chi connectivity index (χ3v) is 4.15. The van der Waals surface area contributed by atoms with Gasteiger partial charge in [0, 0.05) is 28.9 Å². The lowest BCUT2D eigenvalue weighted by Gasteiger charge is -2.11. The van der Waals surface area contributed by atoms with E-state index in [1.807, 2.05) is 55.6 Å².